The Hall–Kier alpha value is -3.54. The second kappa shape index (κ2) is 7.57. The van der Waals surface area contributed by atoms with E-state index in [0.29, 0.717) is 0 Å². The minimum atomic E-state index is 0.726. The molecule has 0 saturated heterocycles. The van der Waals surface area contributed by atoms with Crippen LogP contribution in [0, 0.1) is 13.8 Å². The van der Waals surface area contributed by atoms with Gasteiger partial charge in [0, 0.05) is 0 Å². The van der Waals surface area contributed by atoms with E-state index in [2.05, 4.69) is 10.2 Å². The second-order valence-corrected chi connectivity index (χ2v) is 5.88. The molecular weight excluding hydrogens is 324 g/mol. The van der Waals surface area contributed by atoms with Gasteiger partial charge in [0.25, 0.3) is 0 Å². The quantitative estimate of drug-likeness (QED) is 0.581. The lowest BCUT2D eigenvalue weighted by molar-refractivity contribution is 0.847. The van der Waals surface area contributed by atoms with Crippen LogP contribution in [0.1, 0.15) is 11.4 Å². The molecule has 0 radical (unpaired) electrons. The number of anilines is 2. The van der Waals surface area contributed by atoms with Gasteiger partial charge in [0.1, 0.15) is 0 Å². The minimum absolute atomic E-state index is 0.726. The molecular formula is C20H22N6. The molecule has 0 aliphatic heterocycles. The van der Waals surface area contributed by atoms with Crippen molar-refractivity contribution in [2.75, 3.05) is 11.5 Å². The van der Waals surface area contributed by atoms with Gasteiger partial charge in [0.05, 0.1) is 46.5 Å². The summed E-state index contributed by atoms with van der Waals surface area (Å²) in [5.41, 5.74) is 16.8. The first kappa shape index (κ1) is 17.3. The van der Waals surface area contributed by atoms with Gasteiger partial charge in [-0.05, 0) is 38.1 Å². The summed E-state index contributed by atoms with van der Waals surface area (Å²) < 4.78 is 3.61. The summed E-state index contributed by atoms with van der Waals surface area (Å²) in [6, 6.07) is 19.8. The summed E-state index contributed by atoms with van der Waals surface area (Å²) in [7, 11) is 0. The highest BCUT2D eigenvalue weighted by molar-refractivity contribution is 5.45. The van der Waals surface area contributed by atoms with Crippen LogP contribution in [-0.2, 0) is 0 Å². The molecule has 0 atom stereocenters. The first-order chi connectivity index (χ1) is 12.6. The van der Waals surface area contributed by atoms with Gasteiger partial charge in [-0.25, -0.2) is 9.36 Å². The van der Waals surface area contributed by atoms with E-state index >= 15 is 0 Å². The third kappa shape index (κ3) is 3.75. The van der Waals surface area contributed by atoms with Gasteiger partial charge in [-0.1, -0.05) is 36.4 Å². The number of hydrogen-bond acceptors (Lipinski definition) is 4. The zero-order valence-corrected chi connectivity index (χ0v) is 14.9. The van der Waals surface area contributed by atoms with Crippen LogP contribution < -0.4 is 11.5 Å². The average molecular weight is 346 g/mol. The molecule has 0 bridgehead atoms. The van der Waals surface area contributed by atoms with E-state index in [1.807, 2.05) is 85.4 Å². The largest absolute Gasteiger partial charge is 0.396 e. The number of para-hydroxylation sites is 2. The van der Waals surface area contributed by atoms with Gasteiger partial charge in [-0.15, -0.1) is 0 Å². The Kier molecular flexibility index (Phi) is 5.03. The van der Waals surface area contributed by atoms with Crippen LogP contribution in [0.4, 0.5) is 11.4 Å². The van der Waals surface area contributed by atoms with Crippen LogP contribution >= 0.6 is 0 Å². The van der Waals surface area contributed by atoms with Crippen molar-refractivity contribution in [3.63, 3.8) is 0 Å². The van der Waals surface area contributed by atoms with Crippen LogP contribution in [-0.4, -0.2) is 19.6 Å². The Morgan fingerprint density at radius 3 is 1.81 bits per heavy atom. The fourth-order valence-electron chi connectivity index (χ4n) is 2.44. The highest BCUT2D eigenvalue weighted by Crippen LogP contribution is 2.14. The SMILES string of the molecule is Cc1c(N)cnn1-c1ccccc1.Cc1nn(-c2ccccc2)cc1N. The molecule has 0 amide bonds. The number of rotatable bonds is 2. The molecule has 2 heterocycles. The lowest BCUT2D eigenvalue weighted by Gasteiger charge is -2.02. The molecule has 0 fully saturated rings. The van der Waals surface area contributed by atoms with Crippen molar-refractivity contribution in [3.8, 4) is 11.4 Å². The van der Waals surface area contributed by atoms with E-state index in [-0.39, 0.29) is 0 Å². The van der Waals surface area contributed by atoms with Crippen molar-refractivity contribution < 1.29 is 0 Å². The third-order valence-electron chi connectivity index (χ3n) is 4.01. The monoisotopic (exact) mass is 346 g/mol. The molecule has 0 aliphatic rings. The van der Waals surface area contributed by atoms with Gasteiger partial charge in [-0.2, -0.15) is 10.2 Å². The van der Waals surface area contributed by atoms with Crippen LogP contribution in [0.3, 0.4) is 0 Å². The second-order valence-electron chi connectivity index (χ2n) is 5.88. The molecule has 26 heavy (non-hydrogen) atoms. The third-order valence-corrected chi connectivity index (χ3v) is 4.01. The maximum atomic E-state index is 5.69. The highest BCUT2D eigenvalue weighted by atomic mass is 15.3. The molecule has 0 unspecified atom stereocenters. The van der Waals surface area contributed by atoms with Gasteiger partial charge in [0.2, 0.25) is 0 Å². The Labute approximate surface area is 152 Å². The highest BCUT2D eigenvalue weighted by Gasteiger charge is 2.03. The molecule has 6 nitrogen and oxygen atoms in total. The molecule has 6 heteroatoms. The van der Waals surface area contributed by atoms with E-state index in [1.54, 1.807) is 10.9 Å². The number of aromatic nitrogens is 4. The summed E-state index contributed by atoms with van der Waals surface area (Å²) in [4.78, 5) is 0. The molecule has 4 rings (SSSR count). The lowest BCUT2D eigenvalue weighted by atomic mass is 10.3. The molecule has 132 valence electrons. The fraction of sp³-hybridized carbons (Fsp3) is 0.100. The van der Waals surface area contributed by atoms with Crippen molar-refractivity contribution in [1.82, 2.24) is 19.6 Å². The van der Waals surface area contributed by atoms with Gasteiger partial charge in [-0.3, -0.25) is 0 Å². The Bertz CT molecular complexity index is 951. The molecule has 2 aromatic heterocycles. The van der Waals surface area contributed by atoms with Crippen molar-refractivity contribution >= 4 is 11.4 Å². The first-order valence-corrected chi connectivity index (χ1v) is 8.29. The molecule has 0 aliphatic carbocycles. The van der Waals surface area contributed by atoms with Crippen LogP contribution in [0.25, 0.3) is 11.4 Å². The van der Waals surface area contributed by atoms with Gasteiger partial charge >= 0.3 is 0 Å². The molecule has 0 spiro atoms. The number of nitrogen functional groups attached to an aromatic ring is 2. The average Bonchev–Trinajstić information content (AvgIpc) is 3.19. The number of nitrogens with zero attached hydrogens (tertiary/aromatic N) is 4. The van der Waals surface area contributed by atoms with E-state index in [4.69, 9.17) is 11.5 Å². The van der Waals surface area contributed by atoms with Crippen LogP contribution in [0.5, 0.6) is 0 Å². The zero-order valence-electron chi connectivity index (χ0n) is 14.9. The summed E-state index contributed by atoms with van der Waals surface area (Å²) >= 11 is 0. The number of benzene rings is 2. The van der Waals surface area contributed by atoms with Crippen molar-refractivity contribution in [3.05, 3.63) is 84.4 Å². The number of nitrogens with two attached hydrogens (primary N) is 2. The van der Waals surface area contributed by atoms with Crippen LogP contribution in [0.2, 0.25) is 0 Å². The summed E-state index contributed by atoms with van der Waals surface area (Å²) in [5, 5.41) is 8.45. The minimum Gasteiger partial charge on any atom is -0.396 e. The van der Waals surface area contributed by atoms with Crippen LogP contribution in [0.15, 0.2) is 73.1 Å². The molecule has 4 N–H and O–H groups in total. The smallest absolute Gasteiger partial charge is 0.0827 e. The van der Waals surface area contributed by atoms with Crippen molar-refractivity contribution in [1.29, 1.82) is 0 Å². The van der Waals surface area contributed by atoms with Gasteiger partial charge < -0.3 is 11.5 Å². The predicted octanol–water partition coefficient (Wildman–Crippen LogP) is 3.53. The maximum Gasteiger partial charge on any atom is 0.0827 e. The topological polar surface area (TPSA) is 87.7 Å². The number of hydrogen-bond donors (Lipinski definition) is 2. The van der Waals surface area contributed by atoms with E-state index < -0.39 is 0 Å². The normalized spacial score (nSPS) is 10.2. The lowest BCUT2D eigenvalue weighted by Crippen LogP contribution is -1.98. The Balaban J connectivity index is 0.000000151. The molecule has 2 aromatic carbocycles. The standard InChI is InChI=1S/2C10H11N3/c1-8-10(11)7-13(12-8)9-5-3-2-4-6-9;1-8-10(11)7-12-13(8)9-5-3-2-4-6-9/h2*2-7H,11H2,1H3. The molecule has 4 aromatic rings. The van der Waals surface area contributed by atoms with E-state index in [9.17, 15) is 0 Å². The predicted molar refractivity (Wildman–Crippen MR) is 105 cm³/mol. The summed E-state index contributed by atoms with van der Waals surface area (Å²) in [6.07, 6.45) is 3.49. The van der Waals surface area contributed by atoms with Crippen molar-refractivity contribution in [2.45, 2.75) is 13.8 Å². The first-order valence-electron chi connectivity index (χ1n) is 8.29. The van der Waals surface area contributed by atoms with Crippen molar-refractivity contribution in [2.24, 2.45) is 0 Å². The van der Waals surface area contributed by atoms with E-state index in [1.165, 1.54) is 0 Å². The number of aryl methyl sites for hydroxylation is 1. The zero-order chi connectivity index (χ0) is 18.5. The molecule has 0 saturated carbocycles. The Morgan fingerprint density at radius 1 is 0.769 bits per heavy atom. The Morgan fingerprint density at radius 2 is 1.35 bits per heavy atom. The van der Waals surface area contributed by atoms with E-state index in [0.717, 1.165) is 34.1 Å². The van der Waals surface area contributed by atoms with Gasteiger partial charge in [0.15, 0.2) is 0 Å². The maximum absolute atomic E-state index is 5.69. The summed E-state index contributed by atoms with van der Waals surface area (Å²) in [5.74, 6) is 0. The fourth-order valence-corrected chi connectivity index (χ4v) is 2.44. The summed E-state index contributed by atoms with van der Waals surface area (Å²) in [6.45, 7) is 3.85.